The first-order chi connectivity index (χ1) is 60.2. The number of esters is 3. The van der Waals surface area contributed by atoms with Gasteiger partial charge in [0.1, 0.15) is 25.4 Å². The predicted octanol–water partition coefficient (Wildman–Crippen LogP) is 31.5. The quantitative estimate of drug-likeness (QED) is 0.0146. The van der Waals surface area contributed by atoms with Gasteiger partial charge in [0.25, 0.3) is 0 Å². The highest BCUT2D eigenvalue weighted by Crippen LogP contribution is 2.45. The molecule has 0 fully saturated rings. The highest BCUT2D eigenvalue weighted by Gasteiger charge is 2.30. The number of hydrogen-bond acceptors (Lipinski definition) is 14. The summed E-state index contributed by atoms with van der Waals surface area (Å²) in [6, 6.07) is 0. The number of aliphatic hydroxyl groups is 2. The van der Waals surface area contributed by atoms with Crippen LogP contribution >= 0.6 is 15.6 Å². The largest absolute Gasteiger partial charge is 0.472 e. The van der Waals surface area contributed by atoms with Crippen LogP contribution in [0.15, 0.2) is 146 Å². The number of rotatable bonds is 95. The minimum atomic E-state index is -4.95. The van der Waals surface area contributed by atoms with Crippen molar-refractivity contribution in [3.05, 3.63) is 146 Å². The van der Waals surface area contributed by atoms with E-state index in [1.807, 2.05) is 0 Å². The highest BCUT2D eigenvalue weighted by molar-refractivity contribution is 7.47. The molecule has 16 nitrogen and oxygen atoms in total. The molecule has 0 aliphatic rings. The molecule has 0 rings (SSSR count). The van der Waals surface area contributed by atoms with Gasteiger partial charge < -0.3 is 34.2 Å². The lowest BCUT2D eigenvalue weighted by molar-refractivity contribution is -0.161. The predicted molar refractivity (Wildman–Crippen MR) is 519 cm³/mol. The van der Waals surface area contributed by atoms with Crippen LogP contribution in [0.5, 0.6) is 0 Å². The molecule has 0 aromatic rings. The monoisotopic (exact) mass is 1760 g/mol. The zero-order valence-corrected chi connectivity index (χ0v) is 80.4. The summed E-state index contributed by atoms with van der Waals surface area (Å²) in [7, 11) is -9.81. The van der Waals surface area contributed by atoms with Gasteiger partial charge >= 0.3 is 33.6 Å². The zero-order chi connectivity index (χ0) is 89.3. The van der Waals surface area contributed by atoms with E-state index in [4.69, 9.17) is 32.3 Å². The summed E-state index contributed by atoms with van der Waals surface area (Å²) >= 11 is 0. The molecule has 0 heterocycles. The molecule has 5 atom stereocenters. The van der Waals surface area contributed by atoms with Crippen molar-refractivity contribution in [3.63, 3.8) is 0 Å². The van der Waals surface area contributed by atoms with E-state index < -0.39 is 91.5 Å². The average molecular weight is 1760 g/mol. The van der Waals surface area contributed by atoms with E-state index in [0.717, 1.165) is 148 Å². The van der Waals surface area contributed by atoms with Crippen molar-refractivity contribution in [2.75, 3.05) is 39.6 Å². The molecule has 0 aliphatic heterocycles. The van der Waals surface area contributed by atoms with Crippen molar-refractivity contribution in [2.45, 2.75) is 463 Å². The summed E-state index contributed by atoms with van der Waals surface area (Å²) < 4.78 is 61.6. The van der Waals surface area contributed by atoms with E-state index in [0.29, 0.717) is 19.3 Å². The molecule has 0 radical (unpaired) electrons. The van der Waals surface area contributed by atoms with E-state index in [2.05, 4.69) is 167 Å². The molecule has 5 unspecified atom stereocenters. The second-order valence-corrected chi connectivity index (χ2v) is 36.5. The maximum atomic E-state index is 13.1. The first kappa shape index (κ1) is 118. The fourth-order valence-corrected chi connectivity index (χ4v) is 15.5. The standard InChI is InChI=1S/C105H184O16P2/c1-4-7-10-13-16-19-22-25-28-31-34-36-38-40-42-44-46-48-49-51-53-54-56-58-60-62-65-67-70-73-76-79-82-85-88-91-103(108)115-94-100(106)95-117-122(111,112)118-96-101(107)97-119-123(113,114)120-99-102(121-105(110)93-90-87-84-81-78-75-72-69-64-33-30-27-24-21-18-15-12-9-6-3)98-116-104(109)92-89-86-83-80-77-74-71-68-66-63-61-59-57-55-52-50-47-45-43-41-39-37-35-32-29-26-23-20-17-14-11-8-5-2/h8,11,16-21,25-30,34-37,40-43,64,69,100-102,106-107H,4-7,9-10,12-15,22-24,31-33,38-39,44-63,65-68,70-99H2,1-3H3,(H,111,112)(H,113,114)/b11-8-,19-16-,20-17-,21-18-,28-25-,29-26-,30-27-,36-34-,37-35-,42-40-,43-41-,69-64-. The summed E-state index contributed by atoms with van der Waals surface area (Å²) in [6.45, 7) is 2.58. The van der Waals surface area contributed by atoms with Crippen LogP contribution in [-0.2, 0) is 55.8 Å². The molecule has 0 amide bonds. The van der Waals surface area contributed by atoms with Gasteiger partial charge in [-0.05, 0) is 148 Å². The third-order valence-corrected chi connectivity index (χ3v) is 23.4. The normalized spacial score (nSPS) is 14.3. The van der Waals surface area contributed by atoms with Crippen molar-refractivity contribution < 1.29 is 75.8 Å². The maximum absolute atomic E-state index is 13.1. The van der Waals surface area contributed by atoms with Crippen molar-refractivity contribution in [2.24, 2.45) is 0 Å². The first-order valence-corrected chi connectivity index (χ1v) is 53.1. The van der Waals surface area contributed by atoms with Gasteiger partial charge in [-0.2, -0.15) is 0 Å². The number of allylic oxidation sites excluding steroid dienone is 24. The smallest absolute Gasteiger partial charge is 0.463 e. The molecular formula is C105H184O16P2. The van der Waals surface area contributed by atoms with Crippen molar-refractivity contribution in [1.29, 1.82) is 0 Å². The molecule has 0 aliphatic carbocycles. The molecule has 18 heteroatoms. The van der Waals surface area contributed by atoms with Crippen LogP contribution in [0, 0.1) is 0 Å². The maximum Gasteiger partial charge on any atom is 0.472 e. The van der Waals surface area contributed by atoms with Gasteiger partial charge in [-0.3, -0.25) is 32.5 Å². The Labute approximate surface area is 753 Å². The summed E-state index contributed by atoms with van der Waals surface area (Å²) in [6.07, 6.45) is 123. The van der Waals surface area contributed by atoms with E-state index >= 15 is 0 Å². The van der Waals surface area contributed by atoms with Crippen molar-refractivity contribution in [3.8, 4) is 0 Å². The Hall–Kier alpha value is -4.57. The summed E-state index contributed by atoms with van der Waals surface area (Å²) in [5.74, 6) is -1.57. The fourth-order valence-electron chi connectivity index (χ4n) is 13.9. The highest BCUT2D eigenvalue weighted by atomic mass is 31.2. The lowest BCUT2D eigenvalue weighted by Crippen LogP contribution is -2.30. The Bertz CT molecular complexity index is 2820. The number of carbonyl (C=O) groups excluding carboxylic acids is 3. The molecule has 0 bridgehead atoms. The van der Waals surface area contributed by atoms with Crippen LogP contribution < -0.4 is 0 Å². The third kappa shape index (κ3) is 97.9. The molecule has 710 valence electrons. The molecule has 123 heavy (non-hydrogen) atoms. The van der Waals surface area contributed by atoms with Gasteiger partial charge in [0.2, 0.25) is 0 Å². The van der Waals surface area contributed by atoms with Crippen molar-refractivity contribution in [1.82, 2.24) is 0 Å². The van der Waals surface area contributed by atoms with Crippen LogP contribution in [0.2, 0.25) is 0 Å². The number of hydrogen-bond donors (Lipinski definition) is 4. The second kappa shape index (κ2) is 96.5. The Morgan fingerprint density at radius 3 is 0.683 bits per heavy atom. The summed E-state index contributed by atoms with van der Waals surface area (Å²) in [5, 5.41) is 20.8. The SMILES string of the molecule is CC/C=C\C/C=C\C/C=C\C/C=C\C/C=C\CCCCCCCCCCCCCCCCCCCC(=O)OCC(COP(=O)(O)OCC(O)COP(=O)(O)OCC(O)COC(=O)CCCCCCCCCCCCCCCCCCCCC/C=C\C/C=C\C/C=C\C/C=C\CCCCC)OC(=O)CCCCCCCC/C=C\C/C=C\C/C=C\CCCCC. The molecule has 0 saturated carbocycles. The lowest BCUT2D eigenvalue weighted by atomic mass is 10.0. The van der Waals surface area contributed by atoms with Gasteiger partial charge in [0, 0.05) is 19.3 Å². The second-order valence-electron chi connectivity index (χ2n) is 33.5. The van der Waals surface area contributed by atoms with Crippen LogP contribution in [0.4, 0.5) is 0 Å². The van der Waals surface area contributed by atoms with Gasteiger partial charge in [-0.15, -0.1) is 0 Å². The number of unbranched alkanes of at least 4 members (excludes halogenated alkanes) is 48. The third-order valence-electron chi connectivity index (χ3n) is 21.5. The number of phosphoric acid groups is 2. The molecule has 0 saturated heterocycles. The lowest BCUT2D eigenvalue weighted by Gasteiger charge is -2.21. The van der Waals surface area contributed by atoms with Gasteiger partial charge in [0.15, 0.2) is 6.10 Å². The van der Waals surface area contributed by atoms with E-state index in [1.165, 1.54) is 238 Å². The molecular weight excluding hydrogens is 1580 g/mol. The van der Waals surface area contributed by atoms with Crippen LogP contribution in [-0.4, -0.2) is 95.9 Å². The fraction of sp³-hybridized carbons (Fsp3) is 0.743. The minimum absolute atomic E-state index is 0.0898. The van der Waals surface area contributed by atoms with Crippen LogP contribution in [0.25, 0.3) is 0 Å². The molecule has 0 aromatic carbocycles. The van der Waals surface area contributed by atoms with Crippen LogP contribution in [0.3, 0.4) is 0 Å². The van der Waals surface area contributed by atoms with Crippen LogP contribution in [0.1, 0.15) is 445 Å². The van der Waals surface area contributed by atoms with Gasteiger partial charge in [-0.1, -0.05) is 423 Å². The Kier molecular flexibility index (Phi) is 92.9. The van der Waals surface area contributed by atoms with E-state index in [-0.39, 0.29) is 19.3 Å². The van der Waals surface area contributed by atoms with Gasteiger partial charge in [0.05, 0.1) is 26.4 Å². The van der Waals surface area contributed by atoms with E-state index in [9.17, 15) is 43.5 Å². The van der Waals surface area contributed by atoms with Gasteiger partial charge in [-0.25, -0.2) is 9.13 Å². The first-order valence-electron chi connectivity index (χ1n) is 50.1. The average Bonchev–Trinajstić information content (AvgIpc) is 0.898. The Morgan fingerprint density at radius 2 is 0.431 bits per heavy atom. The minimum Gasteiger partial charge on any atom is -0.463 e. The number of phosphoric ester groups is 2. The number of aliphatic hydroxyl groups excluding tert-OH is 2. The Balaban J connectivity index is 4.48. The molecule has 0 spiro atoms. The van der Waals surface area contributed by atoms with E-state index in [1.54, 1.807) is 0 Å². The summed E-state index contributed by atoms with van der Waals surface area (Å²) in [4.78, 5) is 59.1. The molecule has 0 aromatic heterocycles. The number of ether oxygens (including phenoxy) is 3. The number of carbonyl (C=O) groups is 3. The summed E-state index contributed by atoms with van der Waals surface area (Å²) in [5.41, 5.74) is 0. The zero-order valence-electron chi connectivity index (χ0n) is 78.6. The van der Waals surface area contributed by atoms with Crippen molar-refractivity contribution >= 4 is 33.6 Å². The Morgan fingerprint density at radius 1 is 0.236 bits per heavy atom. The molecule has 4 N–H and O–H groups in total. The topological polar surface area (TPSA) is 231 Å².